The Morgan fingerprint density at radius 3 is 2.38 bits per heavy atom. The van der Waals surface area contributed by atoms with Gasteiger partial charge in [-0.25, -0.2) is 0 Å². The number of hydrogen-bond donors (Lipinski definition) is 2. The third-order valence-corrected chi connectivity index (χ3v) is 6.11. The molecule has 150 valence electrons. The summed E-state index contributed by atoms with van der Waals surface area (Å²) < 4.78 is 0. The largest absolute Gasteiger partial charge is 0.352 e. The van der Waals surface area contributed by atoms with Gasteiger partial charge in [0.05, 0.1) is 6.54 Å². The molecule has 3 aliphatic rings. The molecule has 1 saturated carbocycles. The Labute approximate surface area is 163 Å². The minimum atomic E-state index is 0. The number of likely N-dealkylation sites (tertiary alicyclic amines) is 1. The van der Waals surface area contributed by atoms with Crippen LogP contribution >= 0.6 is 12.4 Å². The molecule has 0 spiro atoms. The van der Waals surface area contributed by atoms with Crippen molar-refractivity contribution in [1.82, 2.24) is 20.4 Å². The van der Waals surface area contributed by atoms with E-state index in [9.17, 15) is 9.59 Å². The van der Waals surface area contributed by atoms with Gasteiger partial charge in [0.1, 0.15) is 0 Å². The number of rotatable bonds is 4. The van der Waals surface area contributed by atoms with Gasteiger partial charge in [0.15, 0.2) is 0 Å². The lowest BCUT2D eigenvalue weighted by molar-refractivity contribution is -0.137. The second-order valence-corrected chi connectivity index (χ2v) is 8.03. The Morgan fingerprint density at radius 1 is 1.04 bits per heavy atom. The first-order chi connectivity index (χ1) is 12.1. The summed E-state index contributed by atoms with van der Waals surface area (Å²) in [4.78, 5) is 29.2. The first-order valence-electron chi connectivity index (χ1n) is 10.2. The van der Waals surface area contributed by atoms with Gasteiger partial charge in [0, 0.05) is 50.7 Å². The Morgan fingerprint density at radius 2 is 1.73 bits per heavy atom. The third-order valence-electron chi connectivity index (χ3n) is 6.11. The van der Waals surface area contributed by atoms with Crippen molar-refractivity contribution in [3.05, 3.63) is 0 Å². The van der Waals surface area contributed by atoms with E-state index in [0.717, 1.165) is 58.4 Å². The summed E-state index contributed by atoms with van der Waals surface area (Å²) in [5.41, 5.74) is 0. The summed E-state index contributed by atoms with van der Waals surface area (Å²) >= 11 is 0. The number of nitrogens with zero attached hydrogens (tertiary/aromatic N) is 2. The highest BCUT2D eigenvalue weighted by molar-refractivity contribution is 5.85. The average molecular weight is 387 g/mol. The van der Waals surface area contributed by atoms with Crippen molar-refractivity contribution < 1.29 is 9.59 Å². The predicted octanol–water partition coefficient (Wildman–Crippen LogP) is 1.39. The van der Waals surface area contributed by atoms with Gasteiger partial charge in [-0.3, -0.25) is 14.5 Å². The molecule has 0 bridgehead atoms. The molecule has 2 saturated heterocycles. The summed E-state index contributed by atoms with van der Waals surface area (Å²) in [5.74, 6) is 0.749. The zero-order valence-electron chi connectivity index (χ0n) is 16.0. The molecule has 7 heteroatoms. The van der Waals surface area contributed by atoms with Crippen LogP contribution in [0.1, 0.15) is 51.9 Å². The fraction of sp³-hybridized carbons (Fsp3) is 0.895. The molecule has 0 radical (unpaired) electrons. The van der Waals surface area contributed by atoms with E-state index in [1.54, 1.807) is 0 Å². The third kappa shape index (κ3) is 5.83. The summed E-state index contributed by atoms with van der Waals surface area (Å²) in [6.45, 7) is 7.09. The number of amides is 2. The number of piperidine rings is 1. The fourth-order valence-electron chi connectivity index (χ4n) is 4.43. The summed E-state index contributed by atoms with van der Waals surface area (Å²) in [5, 5.41) is 6.54. The lowest BCUT2D eigenvalue weighted by atomic mass is 9.87. The number of carbonyl (C=O) groups excluding carboxylic acids is 2. The molecule has 2 heterocycles. The van der Waals surface area contributed by atoms with E-state index >= 15 is 0 Å². The molecule has 1 aliphatic carbocycles. The average Bonchev–Trinajstić information content (AvgIpc) is 2.64. The van der Waals surface area contributed by atoms with Crippen molar-refractivity contribution in [2.75, 3.05) is 39.3 Å². The minimum Gasteiger partial charge on any atom is -0.352 e. The van der Waals surface area contributed by atoms with Crippen LogP contribution in [0, 0.1) is 5.92 Å². The Bertz CT molecular complexity index is 462. The van der Waals surface area contributed by atoms with Crippen LogP contribution in [0.4, 0.5) is 0 Å². The van der Waals surface area contributed by atoms with Crippen LogP contribution in [0.3, 0.4) is 0 Å². The van der Waals surface area contributed by atoms with Crippen molar-refractivity contribution in [3.63, 3.8) is 0 Å². The highest BCUT2D eigenvalue weighted by atomic mass is 35.5. The smallest absolute Gasteiger partial charge is 0.234 e. The topological polar surface area (TPSA) is 64.7 Å². The van der Waals surface area contributed by atoms with Gasteiger partial charge >= 0.3 is 0 Å². The van der Waals surface area contributed by atoms with E-state index in [4.69, 9.17) is 0 Å². The van der Waals surface area contributed by atoms with Crippen molar-refractivity contribution >= 4 is 24.2 Å². The maximum Gasteiger partial charge on any atom is 0.234 e. The second kappa shape index (κ2) is 10.5. The Balaban J connectivity index is 0.00000243. The first-order valence-corrected chi connectivity index (χ1v) is 10.2. The van der Waals surface area contributed by atoms with E-state index < -0.39 is 0 Å². The molecule has 1 atom stereocenters. The predicted molar refractivity (Wildman–Crippen MR) is 105 cm³/mol. The van der Waals surface area contributed by atoms with Crippen LogP contribution in [0.15, 0.2) is 0 Å². The second-order valence-electron chi connectivity index (χ2n) is 8.03. The number of halogens is 1. The van der Waals surface area contributed by atoms with Crippen molar-refractivity contribution in [3.8, 4) is 0 Å². The van der Waals surface area contributed by atoms with Gasteiger partial charge in [-0.2, -0.15) is 0 Å². The van der Waals surface area contributed by atoms with Crippen molar-refractivity contribution in [2.24, 2.45) is 5.92 Å². The fourth-order valence-corrected chi connectivity index (χ4v) is 4.43. The van der Waals surface area contributed by atoms with Gasteiger partial charge in [-0.15, -0.1) is 12.4 Å². The van der Waals surface area contributed by atoms with E-state index in [-0.39, 0.29) is 30.3 Å². The molecule has 3 fully saturated rings. The zero-order valence-corrected chi connectivity index (χ0v) is 16.9. The molecular formula is C19H35ClN4O2. The van der Waals surface area contributed by atoms with Crippen LogP contribution in [-0.2, 0) is 9.59 Å². The molecule has 0 aromatic carbocycles. The molecule has 26 heavy (non-hydrogen) atoms. The molecule has 0 aromatic rings. The molecule has 2 amide bonds. The van der Waals surface area contributed by atoms with Crippen LogP contribution in [0.2, 0.25) is 0 Å². The summed E-state index contributed by atoms with van der Waals surface area (Å²) in [6, 6.07) is 0.635. The molecule has 0 aromatic heterocycles. The SMILES string of the molecule is C[C@H]1CNCCN1CC(=O)NC1CCN(C(=O)C2CCCCC2)CC1.Cl. The Kier molecular flexibility index (Phi) is 8.64. The van der Waals surface area contributed by atoms with E-state index in [1.807, 2.05) is 4.90 Å². The molecule has 0 unspecified atom stereocenters. The van der Waals surface area contributed by atoms with E-state index in [0.29, 0.717) is 18.5 Å². The molecular weight excluding hydrogens is 352 g/mol. The number of carbonyl (C=O) groups is 2. The normalized spacial score (nSPS) is 26.2. The van der Waals surface area contributed by atoms with Crippen LogP contribution in [0.5, 0.6) is 0 Å². The quantitative estimate of drug-likeness (QED) is 0.766. The highest BCUT2D eigenvalue weighted by Crippen LogP contribution is 2.26. The molecule has 2 aliphatic heterocycles. The van der Waals surface area contributed by atoms with E-state index in [2.05, 4.69) is 22.5 Å². The van der Waals surface area contributed by atoms with Gasteiger partial charge in [-0.1, -0.05) is 19.3 Å². The maximum absolute atomic E-state index is 12.6. The lowest BCUT2D eigenvalue weighted by Crippen LogP contribution is -2.54. The highest BCUT2D eigenvalue weighted by Gasteiger charge is 2.30. The van der Waals surface area contributed by atoms with Crippen LogP contribution < -0.4 is 10.6 Å². The monoisotopic (exact) mass is 386 g/mol. The van der Waals surface area contributed by atoms with Gasteiger partial charge in [0.25, 0.3) is 0 Å². The van der Waals surface area contributed by atoms with Crippen LogP contribution in [0.25, 0.3) is 0 Å². The maximum atomic E-state index is 12.6. The first kappa shape index (κ1) is 21.5. The van der Waals surface area contributed by atoms with Gasteiger partial charge in [-0.05, 0) is 32.6 Å². The molecule has 3 rings (SSSR count). The number of nitrogens with one attached hydrogen (secondary N) is 2. The number of piperazine rings is 1. The summed E-state index contributed by atoms with van der Waals surface area (Å²) in [6.07, 6.45) is 7.60. The lowest BCUT2D eigenvalue weighted by Gasteiger charge is -2.36. The van der Waals surface area contributed by atoms with Crippen LogP contribution in [-0.4, -0.2) is 73.0 Å². The zero-order chi connectivity index (χ0) is 17.6. The molecule has 6 nitrogen and oxygen atoms in total. The Hall–Kier alpha value is -0.850. The minimum absolute atomic E-state index is 0. The van der Waals surface area contributed by atoms with Crippen molar-refractivity contribution in [1.29, 1.82) is 0 Å². The van der Waals surface area contributed by atoms with E-state index in [1.165, 1.54) is 19.3 Å². The standard InChI is InChI=1S/C19H34N4O2.ClH/c1-15-13-20-9-12-23(15)14-18(24)21-17-7-10-22(11-8-17)19(25)16-5-3-2-4-6-16;/h15-17,20H,2-14H2,1H3,(H,21,24);1H/t15-;/m0./s1. The van der Waals surface area contributed by atoms with Gasteiger partial charge in [0.2, 0.25) is 11.8 Å². The summed E-state index contributed by atoms with van der Waals surface area (Å²) in [7, 11) is 0. The van der Waals surface area contributed by atoms with Gasteiger partial charge < -0.3 is 15.5 Å². The number of hydrogen-bond acceptors (Lipinski definition) is 4. The molecule has 2 N–H and O–H groups in total. The van der Waals surface area contributed by atoms with Crippen molar-refractivity contribution in [2.45, 2.75) is 64.0 Å².